The Morgan fingerprint density at radius 2 is 2.39 bits per heavy atom. The van der Waals surface area contributed by atoms with E-state index in [0.717, 1.165) is 40.5 Å². The van der Waals surface area contributed by atoms with Gasteiger partial charge in [0, 0.05) is 18.6 Å². The summed E-state index contributed by atoms with van der Waals surface area (Å²) in [5.41, 5.74) is 2.00. The van der Waals surface area contributed by atoms with Crippen LogP contribution in [0.4, 0.5) is 0 Å². The first-order valence-corrected chi connectivity index (χ1v) is 6.93. The molecule has 2 heterocycles. The van der Waals surface area contributed by atoms with Gasteiger partial charge in [0.2, 0.25) is 0 Å². The molecule has 0 saturated carbocycles. The minimum atomic E-state index is 0.300. The van der Waals surface area contributed by atoms with Gasteiger partial charge >= 0.3 is 0 Å². The zero-order valence-electron chi connectivity index (χ0n) is 10.1. The molecule has 1 fully saturated rings. The molecule has 1 saturated heterocycles. The van der Waals surface area contributed by atoms with E-state index in [1.54, 1.807) is 0 Å². The molecule has 1 aromatic carbocycles. The van der Waals surface area contributed by atoms with Crippen LogP contribution in [0.25, 0.3) is 11.0 Å². The van der Waals surface area contributed by atoms with Gasteiger partial charge in [0.15, 0.2) is 4.77 Å². The predicted octanol–water partition coefficient (Wildman–Crippen LogP) is 3.95. The number of rotatable bonds is 2. The number of ether oxygens (including phenoxy) is 1. The van der Waals surface area contributed by atoms with E-state index >= 15 is 0 Å². The van der Waals surface area contributed by atoms with Crippen molar-refractivity contribution in [2.75, 3.05) is 13.2 Å². The largest absolute Gasteiger partial charge is 0.381 e. The number of fused-ring (bicyclic) bond motifs is 1. The molecule has 2 unspecified atom stereocenters. The third-order valence-electron chi connectivity index (χ3n) is 3.74. The number of benzene rings is 1. The monoisotopic (exact) mass is 282 g/mol. The van der Waals surface area contributed by atoms with E-state index in [4.69, 9.17) is 28.6 Å². The van der Waals surface area contributed by atoms with E-state index in [0.29, 0.717) is 12.0 Å². The number of nitrogens with zero attached hydrogens (tertiary/aromatic N) is 1. The first-order valence-electron chi connectivity index (χ1n) is 6.15. The minimum absolute atomic E-state index is 0.300. The lowest BCUT2D eigenvalue weighted by Crippen LogP contribution is -2.17. The second-order valence-corrected chi connectivity index (χ2v) is 5.59. The molecule has 1 aromatic heterocycles. The van der Waals surface area contributed by atoms with Crippen molar-refractivity contribution in [1.82, 2.24) is 9.55 Å². The van der Waals surface area contributed by atoms with Gasteiger partial charge in [0.05, 0.1) is 22.7 Å². The van der Waals surface area contributed by atoms with Crippen LogP contribution in [0.1, 0.15) is 19.4 Å². The highest BCUT2D eigenvalue weighted by Gasteiger charge is 2.25. The topological polar surface area (TPSA) is 29.9 Å². The third kappa shape index (κ3) is 1.88. The van der Waals surface area contributed by atoms with Crippen molar-refractivity contribution in [3.63, 3.8) is 0 Å². The molecular formula is C13H15ClN2OS. The fourth-order valence-corrected chi connectivity index (χ4v) is 3.30. The summed E-state index contributed by atoms with van der Waals surface area (Å²) in [6.07, 6.45) is 1.08. The maximum Gasteiger partial charge on any atom is 0.178 e. The molecule has 3 nitrogen and oxygen atoms in total. The molecule has 0 spiro atoms. The Hall–Kier alpha value is -0.840. The van der Waals surface area contributed by atoms with Gasteiger partial charge in [-0.2, -0.15) is 0 Å². The van der Waals surface area contributed by atoms with Gasteiger partial charge in [0.25, 0.3) is 0 Å². The fourth-order valence-electron chi connectivity index (χ4n) is 2.67. The number of nitrogens with one attached hydrogen (secondary N) is 1. The molecule has 2 atom stereocenters. The summed E-state index contributed by atoms with van der Waals surface area (Å²) in [5.74, 6) is 0.506. The molecule has 96 valence electrons. The van der Waals surface area contributed by atoms with Gasteiger partial charge in [-0.15, -0.1) is 0 Å². The molecule has 0 bridgehead atoms. The van der Waals surface area contributed by atoms with Crippen LogP contribution < -0.4 is 0 Å². The SMILES string of the molecule is CC(C1CCOC1)n1c(=S)[nH]c2cccc(Cl)c21. The van der Waals surface area contributed by atoms with Crippen LogP contribution in [0.15, 0.2) is 18.2 Å². The molecule has 5 heteroatoms. The highest BCUT2D eigenvalue weighted by molar-refractivity contribution is 7.71. The highest BCUT2D eigenvalue weighted by Crippen LogP contribution is 2.32. The molecule has 0 radical (unpaired) electrons. The Balaban J connectivity index is 2.15. The molecule has 0 amide bonds. The lowest BCUT2D eigenvalue weighted by atomic mass is 10.0. The number of hydrogen-bond acceptors (Lipinski definition) is 2. The Bertz CT molecular complexity index is 627. The Kier molecular flexibility index (Phi) is 3.18. The molecule has 0 aliphatic carbocycles. The lowest BCUT2D eigenvalue weighted by Gasteiger charge is -2.20. The standard InChI is InChI=1S/C13H15ClN2OS/c1-8(9-5-6-17-7-9)16-12-10(14)3-2-4-11(12)15-13(16)18/h2-4,8-9H,5-7H2,1H3,(H,15,18). The number of aromatic amines is 1. The minimum Gasteiger partial charge on any atom is -0.381 e. The van der Waals surface area contributed by atoms with Crippen LogP contribution in [0.3, 0.4) is 0 Å². The number of para-hydroxylation sites is 1. The van der Waals surface area contributed by atoms with E-state index < -0.39 is 0 Å². The van der Waals surface area contributed by atoms with Gasteiger partial charge in [-0.3, -0.25) is 0 Å². The fraction of sp³-hybridized carbons (Fsp3) is 0.462. The number of hydrogen-bond donors (Lipinski definition) is 1. The van der Waals surface area contributed by atoms with E-state index in [2.05, 4.69) is 16.5 Å². The van der Waals surface area contributed by atoms with Crippen LogP contribution in [-0.4, -0.2) is 22.8 Å². The van der Waals surface area contributed by atoms with Gasteiger partial charge in [-0.25, -0.2) is 0 Å². The second-order valence-electron chi connectivity index (χ2n) is 4.80. The van der Waals surface area contributed by atoms with E-state index in [-0.39, 0.29) is 0 Å². The van der Waals surface area contributed by atoms with E-state index in [9.17, 15) is 0 Å². The van der Waals surface area contributed by atoms with Crippen molar-refractivity contribution in [3.8, 4) is 0 Å². The summed E-state index contributed by atoms with van der Waals surface area (Å²) >= 11 is 11.7. The maximum absolute atomic E-state index is 6.31. The van der Waals surface area contributed by atoms with Crippen molar-refractivity contribution >= 4 is 34.9 Å². The van der Waals surface area contributed by atoms with Crippen molar-refractivity contribution in [2.45, 2.75) is 19.4 Å². The normalized spacial score (nSPS) is 21.6. The maximum atomic E-state index is 6.31. The number of imidazole rings is 1. The van der Waals surface area contributed by atoms with Gasteiger partial charge in [0.1, 0.15) is 0 Å². The van der Waals surface area contributed by atoms with Gasteiger partial charge in [-0.1, -0.05) is 17.7 Å². The molecule has 1 N–H and O–H groups in total. The van der Waals surface area contributed by atoms with Crippen molar-refractivity contribution in [1.29, 1.82) is 0 Å². The molecule has 1 aliphatic rings. The number of H-pyrrole nitrogens is 1. The van der Waals surface area contributed by atoms with Gasteiger partial charge < -0.3 is 14.3 Å². The van der Waals surface area contributed by atoms with E-state index in [1.807, 2.05) is 18.2 Å². The van der Waals surface area contributed by atoms with Crippen LogP contribution in [0, 0.1) is 10.7 Å². The molecule has 18 heavy (non-hydrogen) atoms. The Labute approximate surface area is 116 Å². The summed E-state index contributed by atoms with van der Waals surface area (Å²) in [7, 11) is 0. The molecular weight excluding hydrogens is 268 g/mol. The van der Waals surface area contributed by atoms with Gasteiger partial charge in [-0.05, 0) is 37.7 Å². The Morgan fingerprint density at radius 1 is 1.56 bits per heavy atom. The van der Waals surface area contributed by atoms with Crippen molar-refractivity contribution in [2.24, 2.45) is 5.92 Å². The van der Waals surface area contributed by atoms with Crippen LogP contribution in [0.2, 0.25) is 5.02 Å². The second kappa shape index (κ2) is 4.68. The Morgan fingerprint density at radius 3 is 3.11 bits per heavy atom. The average molecular weight is 283 g/mol. The lowest BCUT2D eigenvalue weighted by molar-refractivity contribution is 0.175. The molecule has 2 aromatic rings. The smallest absolute Gasteiger partial charge is 0.178 e. The quantitative estimate of drug-likeness (QED) is 0.845. The summed E-state index contributed by atoms with van der Waals surface area (Å²) in [4.78, 5) is 3.22. The van der Waals surface area contributed by atoms with Crippen molar-refractivity contribution < 1.29 is 4.74 Å². The first kappa shape index (κ1) is 12.2. The van der Waals surface area contributed by atoms with Crippen molar-refractivity contribution in [3.05, 3.63) is 28.0 Å². The number of aromatic nitrogens is 2. The van der Waals surface area contributed by atoms with Crippen LogP contribution >= 0.6 is 23.8 Å². The predicted molar refractivity (Wildman–Crippen MR) is 75.8 cm³/mol. The number of halogens is 1. The average Bonchev–Trinajstić information content (AvgIpc) is 2.95. The summed E-state index contributed by atoms with van der Waals surface area (Å²) < 4.78 is 8.33. The summed E-state index contributed by atoms with van der Waals surface area (Å²) in [6.45, 7) is 3.84. The molecule has 3 rings (SSSR count). The zero-order chi connectivity index (χ0) is 12.7. The zero-order valence-corrected chi connectivity index (χ0v) is 11.7. The van der Waals surface area contributed by atoms with Crippen LogP contribution in [-0.2, 0) is 4.74 Å². The summed E-state index contributed by atoms with van der Waals surface area (Å²) in [6, 6.07) is 6.14. The molecule has 1 aliphatic heterocycles. The highest BCUT2D eigenvalue weighted by atomic mass is 35.5. The third-order valence-corrected chi connectivity index (χ3v) is 4.35. The van der Waals surface area contributed by atoms with Crippen LogP contribution in [0.5, 0.6) is 0 Å². The van der Waals surface area contributed by atoms with E-state index in [1.165, 1.54) is 0 Å². The summed E-state index contributed by atoms with van der Waals surface area (Å²) in [5, 5.41) is 0.741. The first-order chi connectivity index (χ1) is 8.68.